The molecular weight excluding hydrogens is 431 g/mol. The number of halogens is 1. The van der Waals surface area contributed by atoms with Gasteiger partial charge in [0.05, 0.1) is 24.6 Å². The molecule has 0 saturated heterocycles. The fourth-order valence-electron chi connectivity index (χ4n) is 3.19. The van der Waals surface area contributed by atoms with Crippen molar-refractivity contribution in [1.82, 2.24) is 9.62 Å². The van der Waals surface area contributed by atoms with Gasteiger partial charge in [0.15, 0.2) is 0 Å². The molecule has 0 saturated carbocycles. The van der Waals surface area contributed by atoms with Gasteiger partial charge in [-0.25, -0.2) is 12.8 Å². The van der Waals surface area contributed by atoms with E-state index in [1.54, 1.807) is 43.5 Å². The van der Waals surface area contributed by atoms with Gasteiger partial charge in [-0.1, -0.05) is 42.5 Å². The zero-order chi connectivity index (χ0) is 23.1. The van der Waals surface area contributed by atoms with E-state index in [1.807, 2.05) is 25.1 Å². The van der Waals surface area contributed by atoms with Gasteiger partial charge in [-0.3, -0.25) is 4.79 Å². The van der Waals surface area contributed by atoms with Gasteiger partial charge in [-0.15, -0.1) is 0 Å². The molecule has 0 unspecified atom stereocenters. The van der Waals surface area contributed by atoms with Crippen molar-refractivity contribution in [3.05, 3.63) is 95.8 Å². The monoisotopic (exact) mass is 456 g/mol. The van der Waals surface area contributed by atoms with Crippen LogP contribution in [0.25, 0.3) is 0 Å². The van der Waals surface area contributed by atoms with E-state index in [2.05, 4.69) is 5.32 Å². The number of nitrogens with one attached hydrogen (secondary N) is 1. The molecule has 6 nitrogen and oxygen atoms in total. The van der Waals surface area contributed by atoms with Crippen LogP contribution in [0.15, 0.2) is 83.8 Å². The lowest BCUT2D eigenvalue weighted by Crippen LogP contribution is -2.41. The van der Waals surface area contributed by atoms with Gasteiger partial charge in [-0.2, -0.15) is 4.31 Å². The Morgan fingerprint density at radius 1 is 1.00 bits per heavy atom. The summed E-state index contributed by atoms with van der Waals surface area (Å²) in [4.78, 5) is 12.7. The smallest absolute Gasteiger partial charge is 0.243 e. The molecule has 3 aromatic rings. The van der Waals surface area contributed by atoms with E-state index in [9.17, 15) is 17.6 Å². The minimum atomic E-state index is -4.03. The maximum Gasteiger partial charge on any atom is 0.243 e. The van der Waals surface area contributed by atoms with Gasteiger partial charge in [0, 0.05) is 6.54 Å². The topological polar surface area (TPSA) is 75.7 Å². The molecule has 1 N–H and O–H groups in total. The second-order valence-electron chi connectivity index (χ2n) is 7.27. The van der Waals surface area contributed by atoms with Crippen LogP contribution in [0.5, 0.6) is 5.75 Å². The van der Waals surface area contributed by atoms with Crippen LogP contribution < -0.4 is 10.1 Å². The number of hydrogen-bond acceptors (Lipinski definition) is 4. The third-order valence-corrected chi connectivity index (χ3v) is 6.77. The number of sulfonamides is 1. The summed E-state index contributed by atoms with van der Waals surface area (Å²) >= 11 is 0. The lowest BCUT2D eigenvalue weighted by atomic mass is 10.1. The Balaban J connectivity index is 1.79. The van der Waals surface area contributed by atoms with Gasteiger partial charge >= 0.3 is 0 Å². The molecule has 0 heterocycles. The van der Waals surface area contributed by atoms with Crippen molar-refractivity contribution in [2.45, 2.75) is 24.4 Å². The van der Waals surface area contributed by atoms with Crippen molar-refractivity contribution in [2.75, 3.05) is 13.7 Å². The maximum atomic E-state index is 13.3. The highest BCUT2D eigenvalue weighted by Crippen LogP contribution is 2.20. The number of benzene rings is 3. The molecule has 0 aliphatic carbocycles. The van der Waals surface area contributed by atoms with E-state index < -0.39 is 21.7 Å². The number of amides is 1. The molecule has 3 rings (SSSR count). The first-order chi connectivity index (χ1) is 15.3. The highest BCUT2D eigenvalue weighted by molar-refractivity contribution is 7.89. The van der Waals surface area contributed by atoms with Crippen LogP contribution in [0.3, 0.4) is 0 Å². The largest absolute Gasteiger partial charge is 0.497 e. The molecule has 32 heavy (non-hydrogen) atoms. The highest BCUT2D eigenvalue weighted by Gasteiger charge is 2.27. The molecule has 3 aromatic carbocycles. The Morgan fingerprint density at radius 2 is 1.62 bits per heavy atom. The van der Waals surface area contributed by atoms with Crippen LogP contribution in [0.4, 0.5) is 4.39 Å². The van der Waals surface area contributed by atoms with Crippen LogP contribution >= 0.6 is 0 Å². The summed E-state index contributed by atoms with van der Waals surface area (Å²) in [6, 6.07) is 20.5. The minimum absolute atomic E-state index is 0.00485. The number of nitrogens with zero attached hydrogens (tertiary/aromatic N) is 1. The third-order valence-electron chi connectivity index (χ3n) is 4.97. The second kappa shape index (κ2) is 10.4. The molecule has 0 aliphatic rings. The Kier molecular flexibility index (Phi) is 7.61. The fourth-order valence-corrected chi connectivity index (χ4v) is 4.58. The molecule has 0 radical (unpaired) electrons. The van der Waals surface area contributed by atoms with E-state index in [4.69, 9.17) is 4.74 Å². The summed E-state index contributed by atoms with van der Waals surface area (Å²) in [7, 11) is -2.46. The normalized spacial score (nSPS) is 12.4. The average Bonchev–Trinajstić information content (AvgIpc) is 2.79. The molecule has 1 atom stereocenters. The summed E-state index contributed by atoms with van der Waals surface area (Å²) < 4.78 is 46.0. The number of ether oxygens (including phenoxy) is 1. The van der Waals surface area contributed by atoms with Crippen LogP contribution in [-0.4, -0.2) is 32.3 Å². The quantitative estimate of drug-likeness (QED) is 0.530. The fraction of sp³-hybridized carbons (Fsp3) is 0.208. The lowest BCUT2D eigenvalue weighted by molar-refractivity contribution is -0.122. The van der Waals surface area contributed by atoms with Crippen molar-refractivity contribution in [3.63, 3.8) is 0 Å². The van der Waals surface area contributed by atoms with E-state index in [0.29, 0.717) is 5.75 Å². The lowest BCUT2D eigenvalue weighted by Gasteiger charge is -2.23. The molecule has 168 valence electrons. The first-order valence-corrected chi connectivity index (χ1v) is 11.5. The van der Waals surface area contributed by atoms with Crippen molar-refractivity contribution < 1.29 is 22.3 Å². The molecule has 0 aliphatic heterocycles. The molecule has 0 bridgehead atoms. The zero-order valence-corrected chi connectivity index (χ0v) is 18.7. The van der Waals surface area contributed by atoms with Gasteiger partial charge < -0.3 is 10.1 Å². The Bertz CT molecular complexity index is 1130. The first kappa shape index (κ1) is 23.4. The van der Waals surface area contributed by atoms with Crippen LogP contribution in [0.1, 0.15) is 24.1 Å². The maximum absolute atomic E-state index is 13.3. The minimum Gasteiger partial charge on any atom is -0.497 e. The second-order valence-corrected chi connectivity index (χ2v) is 9.21. The van der Waals surface area contributed by atoms with Crippen LogP contribution in [-0.2, 0) is 21.4 Å². The number of methoxy groups -OCH3 is 1. The predicted octanol–water partition coefficient (Wildman–Crippen LogP) is 3.90. The van der Waals surface area contributed by atoms with Gasteiger partial charge in [-0.05, 0) is 54.4 Å². The summed E-state index contributed by atoms with van der Waals surface area (Å²) in [5.74, 6) is -0.286. The number of carbonyl (C=O) groups excluding carboxylic acids is 1. The van der Waals surface area contributed by atoms with Gasteiger partial charge in [0.2, 0.25) is 15.9 Å². The predicted molar refractivity (Wildman–Crippen MR) is 120 cm³/mol. The summed E-state index contributed by atoms with van der Waals surface area (Å²) in [5.41, 5.74) is 1.59. The number of rotatable bonds is 9. The number of hydrogen-bond donors (Lipinski definition) is 1. The Labute approximate surface area is 187 Å². The van der Waals surface area contributed by atoms with Crippen molar-refractivity contribution in [1.29, 1.82) is 0 Å². The third kappa shape index (κ3) is 5.93. The molecule has 0 spiro atoms. The molecule has 0 fully saturated rings. The molecular formula is C24H25FN2O4S. The number of carbonyl (C=O) groups is 1. The zero-order valence-electron chi connectivity index (χ0n) is 17.9. The van der Waals surface area contributed by atoms with Gasteiger partial charge in [0.25, 0.3) is 0 Å². The van der Waals surface area contributed by atoms with E-state index in [1.165, 1.54) is 12.1 Å². The average molecular weight is 457 g/mol. The van der Waals surface area contributed by atoms with Crippen molar-refractivity contribution in [3.8, 4) is 5.75 Å². The standard InChI is InChI=1S/C24H25FN2O4S/c1-18(20-8-12-22(31-2)13-9-20)26-24(28)17-27(16-19-6-4-3-5-7-19)32(29,30)23-14-10-21(25)11-15-23/h3-15,18H,16-17H2,1-2H3,(H,26,28)/t18-/m0/s1. The molecule has 1 amide bonds. The Hall–Kier alpha value is -3.23. The van der Waals surface area contributed by atoms with Gasteiger partial charge in [0.1, 0.15) is 11.6 Å². The summed E-state index contributed by atoms with van der Waals surface area (Å²) in [5, 5.41) is 2.84. The summed E-state index contributed by atoms with van der Waals surface area (Å²) in [6.07, 6.45) is 0. The molecule has 0 aromatic heterocycles. The van der Waals surface area contributed by atoms with Crippen LogP contribution in [0.2, 0.25) is 0 Å². The van der Waals surface area contributed by atoms with E-state index in [0.717, 1.165) is 27.6 Å². The van der Waals surface area contributed by atoms with E-state index in [-0.39, 0.29) is 24.0 Å². The Morgan fingerprint density at radius 3 is 2.22 bits per heavy atom. The first-order valence-electron chi connectivity index (χ1n) is 10.0. The van der Waals surface area contributed by atoms with Crippen LogP contribution in [0, 0.1) is 5.82 Å². The van der Waals surface area contributed by atoms with E-state index >= 15 is 0 Å². The van der Waals surface area contributed by atoms with Crippen molar-refractivity contribution >= 4 is 15.9 Å². The van der Waals surface area contributed by atoms with Crippen molar-refractivity contribution in [2.24, 2.45) is 0 Å². The SMILES string of the molecule is COc1ccc([C@H](C)NC(=O)CN(Cc2ccccc2)S(=O)(=O)c2ccc(F)cc2)cc1. The highest BCUT2D eigenvalue weighted by atomic mass is 32.2. The molecule has 8 heteroatoms. The summed E-state index contributed by atoms with van der Waals surface area (Å²) in [6.45, 7) is 1.44.